The fourth-order valence-electron chi connectivity index (χ4n) is 3.11. The molecule has 0 radical (unpaired) electrons. The van der Waals surface area contributed by atoms with Gasteiger partial charge in [0.1, 0.15) is 0 Å². The molecule has 27 heavy (non-hydrogen) atoms. The summed E-state index contributed by atoms with van der Waals surface area (Å²) in [6.45, 7) is 1.76. The predicted octanol–water partition coefficient (Wildman–Crippen LogP) is 0.336. The molecule has 154 valence electrons. The molecule has 0 bridgehead atoms. The molecule has 2 saturated heterocycles. The Bertz CT molecular complexity index is 507. The number of nitrogens with one attached hydrogen (secondary N) is 3. The molecule has 2 aliphatic rings. The quantitative estimate of drug-likeness (QED) is 0.243. The number of aliphatic carboxylic acids is 1. The third-order valence-electron chi connectivity index (χ3n) is 4.48. The molecule has 2 fully saturated rings. The molecule has 0 aromatic heterocycles. The molecule has 2 aliphatic heterocycles. The second-order valence-electron chi connectivity index (χ2n) is 6.59. The summed E-state index contributed by atoms with van der Waals surface area (Å²) in [6, 6.07) is 0.406. The maximum Gasteiger partial charge on any atom is 0.315 e. The highest BCUT2D eigenvalue weighted by molar-refractivity contribution is 8.00. The van der Waals surface area contributed by atoms with Gasteiger partial charge in [-0.3, -0.25) is 9.59 Å². The number of unbranched alkanes of at least 4 members (excludes halogenated alkanes) is 1. The molecule has 0 spiro atoms. The first kappa shape index (κ1) is 21.8. The standard InChI is InChI=1S/C17H29N3O6S/c21-14(18-6-8-26-10-9-25-7-5-15(22)23)4-2-1-3-13-16-12(11-27-13)19-17(24)20-16/h12-13,16H,1-11H2,(H,18,21)(H,22,23)(H2,19,20,24)/t12-,13+,16-/m1/s1. The van der Waals surface area contributed by atoms with E-state index < -0.39 is 5.97 Å². The van der Waals surface area contributed by atoms with E-state index in [1.165, 1.54) is 0 Å². The number of urea groups is 1. The van der Waals surface area contributed by atoms with Crippen LogP contribution in [0.4, 0.5) is 4.79 Å². The van der Waals surface area contributed by atoms with E-state index in [-0.39, 0.29) is 37.0 Å². The van der Waals surface area contributed by atoms with E-state index in [9.17, 15) is 14.4 Å². The second-order valence-corrected chi connectivity index (χ2v) is 7.86. The molecule has 2 rings (SSSR count). The maximum absolute atomic E-state index is 11.8. The molecule has 3 amide bonds. The van der Waals surface area contributed by atoms with Crippen molar-refractivity contribution in [1.82, 2.24) is 16.0 Å². The van der Waals surface area contributed by atoms with Crippen LogP contribution in [-0.4, -0.2) is 79.1 Å². The van der Waals surface area contributed by atoms with Gasteiger partial charge in [0.15, 0.2) is 0 Å². The molecule has 0 saturated carbocycles. The van der Waals surface area contributed by atoms with Gasteiger partial charge in [-0.05, 0) is 12.8 Å². The topological polar surface area (TPSA) is 126 Å². The van der Waals surface area contributed by atoms with Crippen LogP contribution in [0.5, 0.6) is 0 Å². The third kappa shape index (κ3) is 8.35. The Kier molecular flexibility index (Phi) is 9.71. The maximum atomic E-state index is 11.8. The zero-order valence-electron chi connectivity index (χ0n) is 15.4. The van der Waals surface area contributed by atoms with Gasteiger partial charge < -0.3 is 30.5 Å². The van der Waals surface area contributed by atoms with Gasteiger partial charge >= 0.3 is 12.0 Å². The average molecular weight is 404 g/mol. The van der Waals surface area contributed by atoms with Crippen molar-refractivity contribution < 1.29 is 29.0 Å². The average Bonchev–Trinajstić information content (AvgIpc) is 3.16. The highest BCUT2D eigenvalue weighted by Gasteiger charge is 2.42. The minimum absolute atomic E-state index is 0.0117. The zero-order valence-corrected chi connectivity index (χ0v) is 16.2. The van der Waals surface area contributed by atoms with Crippen LogP contribution in [0, 0.1) is 0 Å². The highest BCUT2D eigenvalue weighted by Crippen LogP contribution is 2.33. The van der Waals surface area contributed by atoms with Crippen LogP contribution < -0.4 is 16.0 Å². The van der Waals surface area contributed by atoms with Gasteiger partial charge in [0.2, 0.25) is 5.91 Å². The van der Waals surface area contributed by atoms with Crippen LogP contribution in [0.1, 0.15) is 32.1 Å². The van der Waals surface area contributed by atoms with Gasteiger partial charge in [-0.2, -0.15) is 11.8 Å². The van der Waals surface area contributed by atoms with Gasteiger partial charge in [-0.1, -0.05) is 6.42 Å². The van der Waals surface area contributed by atoms with Gasteiger partial charge in [-0.25, -0.2) is 4.79 Å². The van der Waals surface area contributed by atoms with Gasteiger partial charge in [0.25, 0.3) is 0 Å². The lowest BCUT2D eigenvalue weighted by Crippen LogP contribution is -2.36. The Morgan fingerprint density at radius 1 is 1.11 bits per heavy atom. The van der Waals surface area contributed by atoms with Crippen molar-refractivity contribution in [3.63, 3.8) is 0 Å². The smallest absolute Gasteiger partial charge is 0.315 e. The number of ether oxygens (including phenoxy) is 2. The fourth-order valence-corrected chi connectivity index (χ4v) is 4.65. The molecule has 0 aromatic rings. The van der Waals surface area contributed by atoms with Crippen LogP contribution in [0.2, 0.25) is 0 Å². The number of fused-ring (bicyclic) bond motifs is 1. The summed E-state index contributed by atoms with van der Waals surface area (Å²) in [5.74, 6) is 0.0929. The number of carboxylic acid groups (broad SMARTS) is 1. The summed E-state index contributed by atoms with van der Waals surface area (Å²) in [6.07, 6.45) is 3.29. The minimum atomic E-state index is -0.882. The normalized spacial score (nSPS) is 23.6. The van der Waals surface area contributed by atoms with Crippen molar-refractivity contribution in [3.05, 3.63) is 0 Å². The Morgan fingerprint density at radius 3 is 2.67 bits per heavy atom. The molecule has 9 nitrogen and oxygen atoms in total. The Morgan fingerprint density at radius 2 is 1.89 bits per heavy atom. The van der Waals surface area contributed by atoms with E-state index in [1.807, 2.05) is 11.8 Å². The van der Waals surface area contributed by atoms with Crippen molar-refractivity contribution in [2.24, 2.45) is 0 Å². The van der Waals surface area contributed by atoms with Gasteiger partial charge in [-0.15, -0.1) is 0 Å². The number of amides is 3. The van der Waals surface area contributed by atoms with Crippen molar-refractivity contribution in [2.75, 3.05) is 38.7 Å². The number of carbonyl (C=O) groups is 3. The van der Waals surface area contributed by atoms with E-state index in [0.717, 1.165) is 25.0 Å². The van der Waals surface area contributed by atoms with Crippen molar-refractivity contribution >= 4 is 29.7 Å². The van der Waals surface area contributed by atoms with E-state index in [1.54, 1.807) is 0 Å². The summed E-state index contributed by atoms with van der Waals surface area (Å²) in [7, 11) is 0. The summed E-state index contributed by atoms with van der Waals surface area (Å²) < 4.78 is 10.4. The second kappa shape index (κ2) is 12.0. The molecular formula is C17H29N3O6S. The molecule has 3 atom stereocenters. The van der Waals surface area contributed by atoms with E-state index in [2.05, 4.69) is 16.0 Å². The Balaban J connectivity index is 1.38. The number of carboxylic acids is 1. The molecular weight excluding hydrogens is 374 g/mol. The Hall–Kier alpha value is -1.52. The third-order valence-corrected chi connectivity index (χ3v) is 5.99. The van der Waals surface area contributed by atoms with E-state index in [4.69, 9.17) is 14.6 Å². The molecule has 10 heteroatoms. The van der Waals surface area contributed by atoms with Crippen LogP contribution in [0.25, 0.3) is 0 Å². The lowest BCUT2D eigenvalue weighted by atomic mass is 10.0. The minimum Gasteiger partial charge on any atom is -0.481 e. The lowest BCUT2D eigenvalue weighted by Gasteiger charge is -2.16. The van der Waals surface area contributed by atoms with E-state index >= 15 is 0 Å². The molecule has 0 aromatic carbocycles. The zero-order chi connectivity index (χ0) is 19.5. The number of carbonyl (C=O) groups excluding carboxylic acids is 2. The highest BCUT2D eigenvalue weighted by atomic mass is 32.2. The SMILES string of the molecule is O=C(O)CCOCCOCCNC(=O)CCCC[C@@H]1SC[C@H]2NC(=O)N[C@@H]12. The lowest BCUT2D eigenvalue weighted by molar-refractivity contribution is -0.138. The van der Waals surface area contributed by atoms with Crippen molar-refractivity contribution in [3.8, 4) is 0 Å². The molecule has 4 N–H and O–H groups in total. The van der Waals surface area contributed by atoms with E-state index in [0.29, 0.717) is 38.0 Å². The van der Waals surface area contributed by atoms with Crippen LogP contribution in [-0.2, 0) is 19.1 Å². The van der Waals surface area contributed by atoms with Crippen molar-refractivity contribution in [2.45, 2.75) is 49.4 Å². The first-order chi connectivity index (χ1) is 13.1. The first-order valence-corrected chi connectivity index (χ1v) is 10.4. The van der Waals surface area contributed by atoms with Gasteiger partial charge in [0.05, 0.1) is 44.9 Å². The first-order valence-electron chi connectivity index (χ1n) is 9.39. The van der Waals surface area contributed by atoms with Crippen molar-refractivity contribution in [1.29, 1.82) is 0 Å². The summed E-state index contributed by atoms with van der Waals surface area (Å²) in [5.41, 5.74) is 0. The number of hydrogen-bond donors (Lipinski definition) is 4. The van der Waals surface area contributed by atoms with Gasteiger partial charge in [0, 0.05) is 24.0 Å². The monoisotopic (exact) mass is 403 g/mol. The van der Waals surface area contributed by atoms with Crippen LogP contribution >= 0.6 is 11.8 Å². The Labute approximate surface area is 163 Å². The van der Waals surface area contributed by atoms with Crippen LogP contribution in [0.15, 0.2) is 0 Å². The summed E-state index contributed by atoms with van der Waals surface area (Å²) in [4.78, 5) is 33.4. The van der Waals surface area contributed by atoms with Crippen LogP contribution in [0.3, 0.4) is 0 Å². The molecule has 0 aliphatic carbocycles. The number of rotatable bonds is 14. The largest absolute Gasteiger partial charge is 0.481 e. The molecule has 2 heterocycles. The summed E-state index contributed by atoms with van der Waals surface area (Å²) >= 11 is 1.89. The molecule has 0 unspecified atom stereocenters. The number of hydrogen-bond acceptors (Lipinski definition) is 6. The fraction of sp³-hybridized carbons (Fsp3) is 0.824. The number of thioether (sulfide) groups is 1. The summed E-state index contributed by atoms with van der Waals surface area (Å²) in [5, 5.41) is 17.6. The predicted molar refractivity (Wildman–Crippen MR) is 101 cm³/mol.